The number of amides is 3. The lowest BCUT2D eigenvalue weighted by Crippen LogP contribution is -2.41. The van der Waals surface area contributed by atoms with Gasteiger partial charge in [0.05, 0.1) is 25.9 Å². The van der Waals surface area contributed by atoms with Gasteiger partial charge in [-0.2, -0.15) is 0 Å². The molecule has 0 spiro atoms. The van der Waals surface area contributed by atoms with Crippen molar-refractivity contribution >= 4 is 35.9 Å². The van der Waals surface area contributed by atoms with Gasteiger partial charge in [-0.15, -0.1) is 0 Å². The van der Waals surface area contributed by atoms with Crippen molar-refractivity contribution in [1.29, 1.82) is 0 Å². The molecule has 0 aliphatic heterocycles. The van der Waals surface area contributed by atoms with Gasteiger partial charge >= 0.3 is 11.9 Å². The van der Waals surface area contributed by atoms with Crippen molar-refractivity contribution in [3.63, 3.8) is 0 Å². The molecule has 0 heterocycles. The van der Waals surface area contributed by atoms with Crippen molar-refractivity contribution in [2.24, 2.45) is 5.73 Å². The lowest BCUT2D eigenvalue weighted by molar-refractivity contribution is -0.142. The first-order valence-corrected chi connectivity index (χ1v) is 19.2. The van der Waals surface area contributed by atoms with Gasteiger partial charge in [0.15, 0.2) is 0 Å². The van der Waals surface area contributed by atoms with Gasteiger partial charge < -0.3 is 41.4 Å². The van der Waals surface area contributed by atoms with E-state index in [1.807, 2.05) is 0 Å². The third-order valence-corrected chi connectivity index (χ3v) is 8.43. The van der Waals surface area contributed by atoms with Crippen molar-refractivity contribution in [1.82, 2.24) is 16.0 Å². The molecular weight excluding hydrogens is 660 g/mol. The molecule has 0 aliphatic rings. The van der Waals surface area contributed by atoms with Crippen LogP contribution in [0.3, 0.4) is 0 Å². The number of carbonyl (C=O) groups excluding carboxylic acids is 4. The van der Waals surface area contributed by atoms with Gasteiger partial charge in [-0.05, 0) is 38.5 Å². The number of carbonyl (C=O) groups is 5. The zero-order valence-corrected chi connectivity index (χ0v) is 30.9. The van der Waals surface area contributed by atoms with E-state index in [1.54, 1.807) is 6.29 Å². The highest BCUT2D eigenvalue weighted by Crippen LogP contribution is 2.14. The second-order valence-corrected chi connectivity index (χ2v) is 13.1. The van der Waals surface area contributed by atoms with Crippen molar-refractivity contribution in [3.8, 4) is 0 Å². The molecule has 0 aromatic heterocycles. The Morgan fingerprint density at radius 2 is 1.06 bits per heavy atom. The van der Waals surface area contributed by atoms with E-state index < -0.39 is 24.0 Å². The molecule has 1 unspecified atom stereocenters. The third-order valence-electron chi connectivity index (χ3n) is 8.43. The second-order valence-electron chi connectivity index (χ2n) is 13.1. The molecule has 1 radical (unpaired) electrons. The SMILES string of the molecule is N[C@H]([C]=O)CCCCNC(=O)COCCOCCNC(=O)CCC(NC(=O)CCCCCCCCCCCCCCCCCCC(=O)O)C(=O)O. The Kier molecular flexibility index (Phi) is 33.2. The zero-order valence-electron chi connectivity index (χ0n) is 30.9. The number of nitrogens with two attached hydrogens (primary N) is 1. The number of ether oxygens (including phenoxy) is 2. The first kappa shape index (κ1) is 47.9. The molecule has 0 aromatic carbocycles. The van der Waals surface area contributed by atoms with E-state index in [1.165, 1.54) is 57.8 Å². The van der Waals surface area contributed by atoms with E-state index in [0.717, 1.165) is 38.5 Å². The number of nitrogens with one attached hydrogen (secondary N) is 3. The maximum Gasteiger partial charge on any atom is 0.326 e. The Morgan fingerprint density at radius 1 is 0.549 bits per heavy atom. The summed E-state index contributed by atoms with van der Waals surface area (Å²) in [6.45, 7) is 1.26. The first-order chi connectivity index (χ1) is 24.6. The summed E-state index contributed by atoms with van der Waals surface area (Å²) >= 11 is 0. The summed E-state index contributed by atoms with van der Waals surface area (Å²) in [5, 5.41) is 26.0. The van der Waals surface area contributed by atoms with Crippen LogP contribution in [0.15, 0.2) is 0 Å². The summed E-state index contributed by atoms with van der Waals surface area (Å²) < 4.78 is 10.6. The summed E-state index contributed by atoms with van der Waals surface area (Å²) in [7, 11) is 0. The highest BCUT2D eigenvalue weighted by atomic mass is 16.5. The molecular formula is C37H67N4O10. The molecule has 14 heteroatoms. The van der Waals surface area contributed by atoms with Gasteiger partial charge in [0.25, 0.3) is 0 Å². The molecule has 14 nitrogen and oxygen atoms in total. The molecule has 3 amide bonds. The molecule has 295 valence electrons. The van der Waals surface area contributed by atoms with Crippen LogP contribution < -0.4 is 21.7 Å². The predicted molar refractivity (Wildman–Crippen MR) is 195 cm³/mol. The summed E-state index contributed by atoms with van der Waals surface area (Å²) in [6.07, 6.45) is 22.1. The van der Waals surface area contributed by atoms with Crippen molar-refractivity contribution in [2.75, 3.05) is 39.5 Å². The van der Waals surface area contributed by atoms with E-state index in [4.69, 9.17) is 20.3 Å². The van der Waals surface area contributed by atoms with Gasteiger partial charge in [0.1, 0.15) is 12.6 Å². The quantitative estimate of drug-likeness (QED) is 0.0492. The van der Waals surface area contributed by atoms with Crippen LogP contribution in [0, 0.1) is 0 Å². The number of carboxylic acid groups (broad SMARTS) is 2. The molecule has 0 aliphatic carbocycles. The van der Waals surface area contributed by atoms with Crippen LogP contribution in [0.1, 0.15) is 148 Å². The van der Waals surface area contributed by atoms with Gasteiger partial charge in [0, 0.05) is 32.4 Å². The molecule has 2 atom stereocenters. The third kappa shape index (κ3) is 35.1. The molecule has 0 saturated heterocycles. The maximum atomic E-state index is 12.3. The molecule has 0 fully saturated rings. The van der Waals surface area contributed by atoms with Gasteiger partial charge in [-0.25, -0.2) is 4.79 Å². The maximum absolute atomic E-state index is 12.3. The molecule has 0 saturated carbocycles. The number of hydrogen-bond donors (Lipinski definition) is 6. The summed E-state index contributed by atoms with van der Waals surface area (Å²) in [6, 6.07) is -1.71. The normalized spacial score (nSPS) is 12.2. The van der Waals surface area contributed by atoms with E-state index in [2.05, 4.69) is 16.0 Å². The van der Waals surface area contributed by atoms with Gasteiger partial charge in [-0.3, -0.25) is 24.0 Å². The van der Waals surface area contributed by atoms with Crippen LogP contribution in [0.25, 0.3) is 0 Å². The lowest BCUT2D eigenvalue weighted by Gasteiger charge is -2.14. The van der Waals surface area contributed by atoms with Crippen LogP contribution in [-0.2, 0) is 38.2 Å². The Labute approximate surface area is 305 Å². The molecule has 0 rings (SSSR count). The number of unbranched alkanes of at least 4 members (excludes halogenated alkanes) is 16. The summed E-state index contributed by atoms with van der Waals surface area (Å²) in [5.74, 6) is -2.78. The van der Waals surface area contributed by atoms with Crippen LogP contribution in [0.2, 0.25) is 0 Å². The summed E-state index contributed by atoms with van der Waals surface area (Å²) in [5.41, 5.74) is 5.45. The predicted octanol–water partition coefficient (Wildman–Crippen LogP) is 4.32. The van der Waals surface area contributed by atoms with Gasteiger partial charge in [-0.1, -0.05) is 89.9 Å². The zero-order chi connectivity index (χ0) is 37.8. The fourth-order valence-electron chi connectivity index (χ4n) is 5.40. The minimum absolute atomic E-state index is 0.00919. The number of rotatable bonds is 38. The average Bonchev–Trinajstić information content (AvgIpc) is 3.09. The highest BCUT2D eigenvalue weighted by Gasteiger charge is 2.20. The van der Waals surface area contributed by atoms with E-state index in [0.29, 0.717) is 32.2 Å². The van der Waals surface area contributed by atoms with Crippen LogP contribution in [0.4, 0.5) is 0 Å². The lowest BCUT2D eigenvalue weighted by atomic mass is 10.0. The van der Waals surface area contributed by atoms with E-state index in [9.17, 15) is 33.9 Å². The molecule has 7 N–H and O–H groups in total. The number of aliphatic carboxylic acids is 2. The molecule has 0 bridgehead atoms. The highest BCUT2D eigenvalue weighted by molar-refractivity contribution is 5.84. The minimum Gasteiger partial charge on any atom is -0.481 e. The van der Waals surface area contributed by atoms with Gasteiger partial charge in [0.2, 0.25) is 24.0 Å². The average molecular weight is 728 g/mol. The number of carboxylic acids is 2. The summed E-state index contributed by atoms with van der Waals surface area (Å²) in [4.78, 5) is 68.5. The Bertz CT molecular complexity index is 937. The van der Waals surface area contributed by atoms with E-state index >= 15 is 0 Å². The molecule has 0 aromatic rings. The van der Waals surface area contributed by atoms with Crippen LogP contribution in [0.5, 0.6) is 0 Å². The van der Waals surface area contributed by atoms with Crippen molar-refractivity contribution in [3.05, 3.63) is 0 Å². The number of hydrogen-bond acceptors (Lipinski definition) is 9. The van der Waals surface area contributed by atoms with Crippen molar-refractivity contribution in [2.45, 2.75) is 160 Å². The van der Waals surface area contributed by atoms with Crippen molar-refractivity contribution < 1.29 is 48.5 Å². The first-order valence-electron chi connectivity index (χ1n) is 19.2. The molecule has 51 heavy (non-hydrogen) atoms. The van der Waals surface area contributed by atoms with Crippen LogP contribution >= 0.6 is 0 Å². The fraction of sp³-hybridized carbons (Fsp3) is 0.838. The smallest absolute Gasteiger partial charge is 0.326 e. The Morgan fingerprint density at radius 3 is 1.59 bits per heavy atom. The van der Waals surface area contributed by atoms with Crippen LogP contribution in [-0.4, -0.2) is 97.8 Å². The standard InChI is InChI=1S/C37H67N4O10/c38-31(29-42)19-17-18-24-39-35(45)30-51-28-27-50-26-25-40-33(43)23-22-32(37(48)49)41-34(44)20-15-13-11-9-7-5-3-1-2-4-6-8-10-12-14-16-21-36(46)47/h31-32H,1-28,30,38H2,(H,39,45)(H,40,43)(H,41,44)(H,46,47)(H,48,49)/t31-,32?/m0/s1. The minimum atomic E-state index is -1.17. The Balaban J connectivity index is 3.66. The van der Waals surface area contributed by atoms with E-state index in [-0.39, 0.29) is 76.4 Å². The fourth-order valence-corrected chi connectivity index (χ4v) is 5.40. The Hall–Kier alpha value is -3.10. The topological polar surface area (TPSA) is 223 Å². The monoisotopic (exact) mass is 727 g/mol. The second kappa shape index (κ2) is 35.3. The largest absolute Gasteiger partial charge is 0.481 e.